The lowest BCUT2D eigenvalue weighted by atomic mass is 10.1. The molecular formula is C19H26N4O13P2. The van der Waals surface area contributed by atoms with Gasteiger partial charge in [-0.2, -0.15) is 9.29 Å². The Morgan fingerprint density at radius 1 is 1.05 bits per heavy atom. The quantitative estimate of drug-likeness (QED) is 0.0801. The van der Waals surface area contributed by atoms with Gasteiger partial charge in [-0.1, -0.05) is 12.1 Å². The Kier molecular flexibility index (Phi) is 9.78. The van der Waals surface area contributed by atoms with Gasteiger partial charge in [-0.3, -0.25) is 13.6 Å². The van der Waals surface area contributed by atoms with Gasteiger partial charge in [0.25, 0.3) is 0 Å². The van der Waals surface area contributed by atoms with Crippen LogP contribution >= 0.6 is 15.6 Å². The Hall–Kier alpha value is -2.69. The smallest absolute Gasteiger partial charge is 0.462 e. The molecular weight excluding hydrogens is 554 g/mol. The minimum atomic E-state index is -5.24. The highest BCUT2D eigenvalue weighted by Crippen LogP contribution is 2.60. The fraction of sp³-hybridized carbons (Fsp3) is 0.421. The summed E-state index contributed by atoms with van der Waals surface area (Å²) in [4.78, 5) is 46.9. The number of nitrogens with two attached hydrogens (primary N) is 2. The molecule has 1 aliphatic rings. The zero-order valence-electron chi connectivity index (χ0n) is 19.5. The van der Waals surface area contributed by atoms with E-state index in [0.29, 0.717) is 0 Å². The molecule has 1 aromatic carbocycles. The summed E-state index contributed by atoms with van der Waals surface area (Å²) in [6, 6.07) is 7.42. The van der Waals surface area contributed by atoms with E-state index < -0.39 is 65.1 Å². The summed E-state index contributed by atoms with van der Waals surface area (Å²) in [5, 5.41) is 20.3. The van der Waals surface area contributed by atoms with Crippen molar-refractivity contribution < 1.29 is 56.8 Å². The molecule has 0 spiro atoms. The third kappa shape index (κ3) is 7.91. The lowest BCUT2D eigenvalue weighted by molar-refractivity contribution is -0.0542. The van der Waals surface area contributed by atoms with Crippen LogP contribution < -0.4 is 17.2 Å². The maximum atomic E-state index is 12.1. The van der Waals surface area contributed by atoms with Crippen molar-refractivity contribution in [3.8, 4) is 0 Å². The van der Waals surface area contributed by atoms with E-state index in [-0.39, 0.29) is 30.1 Å². The van der Waals surface area contributed by atoms with Gasteiger partial charge in [-0.15, -0.1) is 0 Å². The van der Waals surface area contributed by atoms with Crippen LogP contribution in [0, 0.1) is 0 Å². The number of nitrogen functional groups attached to an aromatic ring is 2. The third-order valence-electron chi connectivity index (χ3n) is 5.03. The molecule has 0 radical (unpaired) electrons. The molecule has 17 nitrogen and oxygen atoms in total. The molecule has 0 saturated carbocycles. The number of para-hydroxylation sites is 1. The Bertz CT molecular complexity index is 1290. The topological polar surface area (TPSA) is 265 Å². The van der Waals surface area contributed by atoms with Crippen molar-refractivity contribution >= 4 is 33.1 Å². The van der Waals surface area contributed by atoms with Crippen molar-refractivity contribution in [2.45, 2.75) is 31.0 Å². The summed E-state index contributed by atoms with van der Waals surface area (Å²) >= 11 is 0. The highest BCUT2D eigenvalue weighted by Gasteiger charge is 2.46. The number of ether oxygens (including phenoxy) is 2. The van der Waals surface area contributed by atoms with Crippen LogP contribution in [0.25, 0.3) is 0 Å². The van der Waals surface area contributed by atoms with E-state index in [0.717, 1.165) is 10.8 Å². The van der Waals surface area contributed by atoms with Crippen LogP contribution in [0.5, 0.6) is 0 Å². The number of aliphatic hydroxyl groups excluding tert-OH is 2. The molecule has 1 fully saturated rings. The number of esters is 1. The largest absolute Gasteiger partial charge is 0.481 e. The number of aliphatic hydroxyl groups is 2. The summed E-state index contributed by atoms with van der Waals surface area (Å²) in [7, 11) is -10.4. The number of hydrogen-bond acceptors (Lipinski definition) is 14. The minimum Gasteiger partial charge on any atom is -0.462 e. The Labute approximate surface area is 214 Å². The zero-order valence-corrected chi connectivity index (χ0v) is 21.3. The van der Waals surface area contributed by atoms with E-state index >= 15 is 0 Å². The van der Waals surface area contributed by atoms with Crippen LogP contribution in [0.4, 0.5) is 11.5 Å². The van der Waals surface area contributed by atoms with Crippen molar-refractivity contribution in [3.63, 3.8) is 0 Å². The normalized spacial score (nSPS) is 24.4. The van der Waals surface area contributed by atoms with Gasteiger partial charge >= 0.3 is 27.3 Å². The number of phosphoric acid groups is 2. The molecule has 8 N–H and O–H groups in total. The van der Waals surface area contributed by atoms with E-state index in [1.54, 1.807) is 12.1 Å². The second kappa shape index (κ2) is 12.4. The molecule has 210 valence electrons. The zero-order chi connectivity index (χ0) is 28.1. The van der Waals surface area contributed by atoms with Crippen LogP contribution in [0.3, 0.4) is 0 Å². The van der Waals surface area contributed by atoms with Gasteiger partial charge < -0.3 is 40.9 Å². The first-order valence-electron chi connectivity index (χ1n) is 10.8. The highest BCUT2D eigenvalue weighted by atomic mass is 31.3. The Balaban J connectivity index is 1.44. The lowest BCUT2D eigenvalue weighted by Crippen LogP contribution is -2.36. The van der Waals surface area contributed by atoms with E-state index in [2.05, 4.69) is 18.3 Å². The third-order valence-corrected chi connectivity index (χ3v) is 7.66. The minimum absolute atomic E-state index is 0.0796. The first-order valence-corrected chi connectivity index (χ1v) is 13.8. The second-order valence-electron chi connectivity index (χ2n) is 7.81. The van der Waals surface area contributed by atoms with Crippen molar-refractivity contribution in [2.75, 3.05) is 31.3 Å². The Morgan fingerprint density at radius 3 is 2.42 bits per heavy atom. The van der Waals surface area contributed by atoms with Gasteiger partial charge in [-0.05, 0) is 18.2 Å². The van der Waals surface area contributed by atoms with Crippen molar-refractivity contribution in [1.82, 2.24) is 9.55 Å². The highest BCUT2D eigenvalue weighted by molar-refractivity contribution is 7.61. The molecule has 1 saturated heterocycles. The molecule has 1 aromatic heterocycles. The molecule has 38 heavy (non-hydrogen) atoms. The van der Waals surface area contributed by atoms with E-state index in [1.165, 1.54) is 18.2 Å². The average molecular weight is 580 g/mol. The van der Waals surface area contributed by atoms with E-state index in [9.17, 15) is 38.7 Å². The molecule has 19 heteroatoms. The average Bonchev–Trinajstić information content (AvgIpc) is 3.10. The number of aromatic nitrogens is 2. The second-order valence-corrected chi connectivity index (χ2v) is 10.9. The van der Waals surface area contributed by atoms with Gasteiger partial charge in [-0.25, -0.2) is 18.7 Å². The number of carbonyl (C=O) groups excluding carboxylic acids is 1. The van der Waals surface area contributed by atoms with Crippen LogP contribution in [-0.2, 0) is 32.0 Å². The van der Waals surface area contributed by atoms with Crippen LogP contribution in [0.2, 0.25) is 0 Å². The summed E-state index contributed by atoms with van der Waals surface area (Å²) in [6.07, 6.45) is -5.15. The lowest BCUT2D eigenvalue weighted by Gasteiger charge is -2.19. The molecule has 2 aromatic rings. The van der Waals surface area contributed by atoms with Crippen molar-refractivity contribution in [3.05, 3.63) is 52.6 Å². The monoisotopic (exact) mass is 580 g/mol. The summed E-state index contributed by atoms with van der Waals surface area (Å²) < 4.78 is 48.6. The molecule has 2 heterocycles. The fourth-order valence-electron chi connectivity index (χ4n) is 3.23. The molecule has 6 atom stereocenters. The maximum absolute atomic E-state index is 12.1. The molecule has 3 rings (SSSR count). The number of benzene rings is 1. The number of carbonyl (C=O) groups is 1. The summed E-state index contributed by atoms with van der Waals surface area (Å²) in [6.45, 7) is -1.63. The molecule has 2 unspecified atom stereocenters. The SMILES string of the molecule is Nc1ccn([C@@H]2O[C@H](COP(=O)(O)OP(=O)(O)OCCCOC(=O)c3ccccc3N)[C@@H](O)[C@H]2O)c(=O)n1. The van der Waals surface area contributed by atoms with Crippen molar-refractivity contribution in [2.24, 2.45) is 0 Å². The Morgan fingerprint density at radius 2 is 1.74 bits per heavy atom. The van der Waals surface area contributed by atoms with Crippen LogP contribution in [0.1, 0.15) is 23.0 Å². The summed E-state index contributed by atoms with van der Waals surface area (Å²) in [5.41, 5.74) is 10.5. The van der Waals surface area contributed by atoms with Gasteiger partial charge in [0, 0.05) is 18.3 Å². The van der Waals surface area contributed by atoms with E-state index in [4.69, 9.17) is 20.9 Å². The number of rotatable bonds is 12. The maximum Gasteiger partial charge on any atom is 0.481 e. The van der Waals surface area contributed by atoms with Crippen molar-refractivity contribution in [1.29, 1.82) is 0 Å². The first-order chi connectivity index (χ1) is 17.8. The van der Waals surface area contributed by atoms with Crippen LogP contribution in [0.15, 0.2) is 41.3 Å². The number of phosphoric ester groups is 2. The predicted octanol–water partition coefficient (Wildman–Crippen LogP) is -0.475. The van der Waals surface area contributed by atoms with Gasteiger partial charge in [0.1, 0.15) is 24.1 Å². The fourth-order valence-corrected chi connectivity index (χ4v) is 5.34. The molecule has 1 aliphatic heterocycles. The first kappa shape index (κ1) is 29.9. The standard InChI is InChI=1S/C19H26N4O13P2/c20-12-5-2-1-4-11(12)18(26)32-8-3-9-33-37(28,29)36-38(30,31)34-10-13-15(24)16(25)17(35-13)23-7-6-14(21)22-19(23)27/h1-2,4-7,13,15-17,24-25H,3,8-10,20H2,(H,28,29)(H,30,31)(H2,21,22,27)/t13-,15-,16-,17-/m1/s1. The predicted molar refractivity (Wildman–Crippen MR) is 127 cm³/mol. The van der Waals surface area contributed by atoms with Gasteiger partial charge in [0.15, 0.2) is 6.23 Å². The van der Waals surface area contributed by atoms with Gasteiger partial charge in [0.05, 0.1) is 25.4 Å². The summed E-state index contributed by atoms with van der Waals surface area (Å²) in [5.74, 6) is -0.812. The molecule has 0 aliphatic carbocycles. The van der Waals surface area contributed by atoms with Gasteiger partial charge in [0.2, 0.25) is 0 Å². The number of nitrogens with zero attached hydrogens (tertiary/aromatic N) is 2. The van der Waals surface area contributed by atoms with Crippen LogP contribution in [-0.4, -0.2) is 73.7 Å². The number of anilines is 2. The van der Waals surface area contributed by atoms with E-state index in [1.807, 2.05) is 0 Å². The molecule has 0 amide bonds. The number of hydrogen-bond donors (Lipinski definition) is 6. The molecule has 0 bridgehead atoms.